The van der Waals surface area contributed by atoms with Gasteiger partial charge in [0.25, 0.3) is 0 Å². The number of hydrogen-bond donors (Lipinski definition) is 1. The molecule has 1 amide bonds. The summed E-state index contributed by atoms with van der Waals surface area (Å²) in [6, 6.07) is 9.51. The van der Waals surface area contributed by atoms with Crippen molar-refractivity contribution >= 4 is 23.7 Å². The van der Waals surface area contributed by atoms with Gasteiger partial charge in [-0.3, -0.25) is 9.59 Å². The molecule has 0 aliphatic rings. The Morgan fingerprint density at radius 2 is 1.88 bits per heavy atom. The van der Waals surface area contributed by atoms with Crippen LogP contribution in [-0.2, 0) is 19.1 Å². The lowest BCUT2D eigenvalue weighted by Crippen LogP contribution is -2.61. The molecule has 1 rings (SSSR count). The van der Waals surface area contributed by atoms with Gasteiger partial charge in [0, 0.05) is 19.3 Å². The van der Waals surface area contributed by atoms with Crippen LogP contribution in [0, 0.1) is 5.92 Å². The van der Waals surface area contributed by atoms with Crippen molar-refractivity contribution in [3.05, 3.63) is 42.0 Å². The molecular weight excluding hydrogens is 306 g/mol. The zero-order valence-electron chi connectivity index (χ0n) is 14.7. The largest absolute Gasteiger partial charge is 0.467 e. The van der Waals surface area contributed by atoms with Gasteiger partial charge in [-0.15, -0.1) is 0 Å². The molecule has 5 heteroatoms. The molecule has 0 fully saturated rings. The van der Waals surface area contributed by atoms with E-state index in [1.165, 1.54) is 14.0 Å². The average Bonchev–Trinajstić information content (AvgIpc) is 2.59. The lowest BCUT2D eigenvalue weighted by molar-refractivity contribution is -0.156. The maximum absolute atomic E-state index is 12.8. The predicted molar refractivity (Wildman–Crippen MR) is 93.1 cm³/mol. The van der Waals surface area contributed by atoms with Crippen molar-refractivity contribution < 1.29 is 19.1 Å². The fourth-order valence-electron chi connectivity index (χ4n) is 2.46. The highest BCUT2D eigenvalue weighted by atomic mass is 16.5. The summed E-state index contributed by atoms with van der Waals surface area (Å²) in [6.07, 6.45) is 4.13. The Kier molecular flexibility index (Phi) is 7.36. The number of ketones is 1. The van der Waals surface area contributed by atoms with Gasteiger partial charge < -0.3 is 10.1 Å². The number of benzene rings is 1. The van der Waals surface area contributed by atoms with Crippen molar-refractivity contribution in [2.75, 3.05) is 7.11 Å². The van der Waals surface area contributed by atoms with E-state index in [9.17, 15) is 14.4 Å². The maximum Gasteiger partial charge on any atom is 0.339 e. The van der Waals surface area contributed by atoms with Crippen molar-refractivity contribution in [1.29, 1.82) is 0 Å². The minimum atomic E-state index is -1.69. The minimum Gasteiger partial charge on any atom is -0.467 e. The number of methoxy groups -OCH3 is 1. The van der Waals surface area contributed by atoms with Gasteiger partial charge >= 0.3 is 5.97 Å². The Morgan fingerprint density at radius 3 is 2.38 bits per heavy atom. The highest BCUT2D eigenvalue weighted by molar-refractivity contribution is 6.11. The third-order valence-electron chi connectivity index (χ3n) is 3.94. The van der Waals surface area contributed by atoms with Gasteiger partial charge in [0.1, 0.15) is 0 Å². The van der Waals surface area contributed by atoms with E-state index in [-0.39, 0.29) is 18.1 Å². The summed E-state index contributed by atoms with van der Waals surface area (Å²) in [7, 11) is 1.21. The Hall–Kier alpha value is -2.43. The zero-order valence-corrected chi connectivity index (χ0v) is 14.7. The smallest absolute Gasteiger partial charge is 0.339 e. The summed E-state index contributed by atoms with van der Waals surface area (Å²) in [5.41, 5.74) is -0.753. The number of ether oxygens (including phenoxy) is 1. The van der Waals surface area contributed by atoms with Gasteiger partial charge in [0.2, 0.25) is 11.4 Å². The lowest BCUT2D eigenvalue weighted by Gasteiger charge is -2.31. The molecule has 130 valence electrons. The van der Waals surface area contributed by atoms with Crippen LogP contribution in [0.15, 0.2) is 36.4 Å². The first-order valence-corrected chi connectivity index (χ1v) is 8.00. The molecular formula is C19H25NO4. The molecule has 0 aromatic heterocycles. The van der Waals surface area contributed by atoms with E-state index in [2.05, 4.69) is 5.32 Å². The van der Waals surface area contributed by atoms with E-state index in [4.69, 9.17) is 4.74 Å². The zero-order chi connectivity index (χ0) is 18.2. The Balaban J connectivity index is 3.18. The topological polar surface area (TPSA) is 72.5 Å². The van der Waals surface area contributed by atoms with Gasteiger partial charge in [-0.1, -0.05) is 56.3 Å². The van der Waals surface area contributed by atoms with E-state index in [0.29, 0.717) is 6.42 Å². The normalized spacial score (nSPS) is 14.7. The number of nitrogens with one attached hydrogen (secondary N) is 1. The number of amides is 1. The molecule has 0 saturated carbocycles. The van der Waals surface area contributed by atoms with Crippen LogP contribution in [0.4, 0.5) is 0 Å². The van der Waals surface area contributed by atoms with E-state index in [0.717, 1.165) is 5.56 Å². The highest BCUT2D eigenvalue weighted by Crippen LogP contribution is 2.22. The number of esters is 1. The summed E-state index contributed by atoms with van der Waals surface area (Å²) in [5, 5.41) is 2.53. The Bertz CT molecular complexity index is 609. The van der Waals surface area contributed by atoms with Crippen LogP contribution in [0.3, 0.4) is 0 Å². The predicted octanol–water partition coefficient (Wildman–Crippen LogP) is 2.75. The molecule has 0 aliphatic carbocycles. The van der Waals surface area contributed by atoms with E-state index in [1.807, 2.05) is 43.3 Å². The van der Waals surface area contributed by atoms with Crippen LogP contribution in [0.5, 0.6) is 0 Å². The fraction of sp³-hybridized carbons (Fsp3) is 0.421. The second-order valence-corrected chi connectivity index (χ2v) is 5.77. The van der Waals surface area contributed by atoms with Crippen molar-refractivity contribution in [1.82, 2.24) is 5.32 Å². The summed E-state index contributed by atoms with van der Waals surface area (Å²) in [6.45, 7) is 4.88. The maximum atomic E-state index is 12.8. The average molecular weight is 331 g/mol. The molecule has 1 N–H and O–H groups in total. The first-order chi connectivity index (χ1) is 11.4. The van der Waals surface area contributed by atoms with Crippen LogP contribution in [0.2, 0.25) is 0 Å². The van der Waals surface area contributed by atoms with Crippen molar-refractivity contribution in [3.8, 4) is 0 Å². The van der Waals surface area contributed by atoms with Gasteiger partial charge in [0.15, 0.2) is 5.78 Å². The molecule has 1 aromatic rings. The van der Waals surface area contributed by atoms with Crippen LogP contribution < -0.4 is 5.32 Å². The van der Waals surface area contributed by atoms with Gasteiger partial charge in [0.05, 0.1) is 7.11 Å². The second-order valence-electron chi connectivity index (χ2n) is 5.77. The number of hydrogen-bond acceptors (Lipinski definition) is 4. The van der Waals surface area contributed by atoms with Crippen LogP contribution in [-0.4, -0.2) is 30.3 Å². The first kappa shape index (κ1) is 19.6. The SMILES string of the molecule is CCC(C)C(=O)[C@@](C/C=C/c1ccccc1)(NC(C)=O)C(=O)OC. The Morgan fingerprint density at radius 1 is 1.25 bits per heavy atom. The number of carbonyl (C=O) groups excluding carboxylic acids is 3. The van der Waals surface area contributed by atoms with Crippen LogP contribution >= 0.6 is 0 Å². The van der Waals surface area contributed by atoms with Gasteiger partial charge in [-0.25, -0.2) is 4.79 Å². The molecule has 0 radical (unpaired) electrons. The number of Topliss-reactive ketones (excluding diaryl/α,β-unsaturated/α-hetero) is 1. The number of rotatable bonds is 8. The molecule has 5 nitrogen and oxygen atoms in total. The molecule has 0 saturated heterocycles. The molecule has 24 heavy (non-hydrogen) atoms. The van der Waals surface area contributed by atoms with Crippen molar-refractivity contribution in [2.45, 2.75) is 39.2 Å². The summed E-state index contributed by atoms with van der Waals surface area (Å²) in [5.74, 6) is -1.92. The second kappa shape index (κ2) is 9.01. The third kappa shape index (κ3) is 4.78. The molecule has 1 unspecified atom stereocenters. The summed E-state index contributed by atoms with van der Waals surface area (Å²) >= 11 is 0. The monoisotopic (exact) mass is 331 g/mol. The fourth-order valence-corrected chi connectivity index (χ4v) is 2.46. The molecule has 0 spiro atoms. The first-order valence-electron chi connectivity index (χ1n) is 8.00. The molecule has 2 atom stereocenters. The van der Waals surface area contributed by atoms with E-state index in [1.54, 1.807) is 13.0 Å². The van der Waals surface area contributed by atoms with Crippen LogP contribution in [0.1, 0.15) is 39.2 Å². The van der Waals surface area contributed by atoms with E-state index >= 15 is 0 Å². The van der Waals surface area contributed by atoms with Crippen molar-refractivity contribution in [2.24, 2.45) is 5.92 Å². The molecule has 0 aliphatic heterocycles. The van der Waals surface area contributed by atoms with Crippen LogP contribution in [0.25, 0.3) is 6.08 Å². The van der Waals surface area contributed by atoms with Crippen molar-refractivity contribution in [3.63, 3.8) is 0 Å². The van der Waals surface area contributed by atoms with Gasteiger partial charge in [-0.2, -0.15) is 0 Å². The Labute approximate surface area is 143 Å². The molecule has 0 heterocycles. The van der Waals surface area contributed by atoms with E-state index < -0.39 is 17.4 Å². The third-order valence-corrected chi connectivity index (χ3v) is 3.94. The molecule has 0 bridgehead atoms. The lowest BCUT2D eigenvalue weighted by atomic mass is 9.82. The highest BCUT2D eigenvalue weighted by Gasteiger charge is 2.48. The standard InChI is InChI=1S/C19H25NO4/c1-5-14(2)17(22)19(18(23)24-4,20-15(3)21)13-9-12-16-10-7-6-8-11-16/h6-12,14H,5,13H2,1-4H3,(H,20,21)/b12-9+/t14?,19-/m1/s1. The van der Waals surface area contributed by atoms with Gasteiger partial charge in [-0.05, 0) is 12.0 Å². The quantitative estimate of drug-likeness (QED) is 0.587. The molecule has 1 aromatic carbocycles. The summed E-state index contributed by atoms with van der Waals surface area (Å²) in [4.78, 5) is 36.8. The summed E-state index contributed by atoms with van der Waals surface area (Å²) < 4.78 is 4.83. The minimum absolute atomic E-state index is 0.0390. The number of carbonyl (C=O) groups is 3.